The van der Waals surface area contributed by atoms with Gasteiger partial charge in [-0.1, -0.05) is 19.3 Å². The van der Waals surface area contributed by atoms with Gasteiger partial charge in [0.25, 0.3) is 0 Å². The summed E-state index contributed by atoms with van der Waals surface area (Å²) in [5, 5.41) is 3.10. The summed E-state index contributed by atoms with van der Waals surface area (Å²) in [4.78, 5) is 0. The number of hydrogen-bond acceptors (Lipinski definition) is 1. The quantitative estimate of drug-likeness (QED) is 0.801. The monoisotopic (exact) mass is 225 g/mol. The van der Waals surface area contributed by atoms with E-state index >= 15 is 0 Å². The Hall–Kier alpha value is -1.12. The summed E-state index contributed by atoms with van der Waals surface area (Å²) in [7, 11) is 0. The summed E-state index contributed by atoms with van der Waals surface area (Å²) >= 11 is 0. The van der Waals surface area contributed by atoms with Crippen molar-refractivity contribution in [3.63, 3.8) is 0 Å². The van der Waals surface area contributed by atoms with Crippen LogP contribution in [-0.4, -0.2) is 6.04 Å². The van der Waals surface area contributed by atoms with Crippen LogP contribution in [-0.2, 0) is 0 Å². The molecule has 2 rings (SSSR count). The molecule has 16 heavy (non-hydrogen) atoms. The molecule has 1 aromatic rings. The maximum atomic E-state index is 13.6. The summed E-state index contributed by atoms with van der Waals surface area (Å²) in [6.07, 6.45) is 5.70. The van der Waals surface area contributed by atoms with Crippen molar-refractivity contribution in [3.05, 3.63) is 29.3 Å². The highest BCUT2D eigenvalue weighted by atomic mass is 19.1. The maximum absolute atomic E-state index is 13.6. The number of rotatable bonds is 2. The highest BCUT2D eigenvalue weighted by Crippen LogP contribution is 2.24. The van der Waals surface area contributed by atoms with E-state index in [1.807, 2.05) is 0 Å². The molecule has 1 aliphatic carbocycles. The zero-order chi connectivity index (χ0) is 11.5. The molecule has 0 unspecified atom stereocenters. The minimum Gasteiger partial charge on any atom is -0.380 e. The van der Waals surface area contributed by atoms with Crippen LogP contribution in [0.25, 0.3) is 0 Å². The van der Waals surface area contributed by atoms with Gasteiger partial charge in [0, 0.05) is 12.1 Å². The average molecular weight is 225 g/mol. The van der Waals surface area contributed by atoms with Gasteiger partial charge in [0.05, 0.1) is 5.69 Å². The number of halogens is 2. The van der Waals surface area contributed by atoms with Crippen molar-refractivity contribution in [2.75, 3.05) is 5.32 Å². The van der Waals surface area contributed by atoms with Crippen molar-refractivity contribution in [1.82, 2.24) is 0 Å². The fraction of sp³-hybridized carbons (Fsp3) is 0.538. The molecule has 0 aromatic heterocycles. The molecule has 0 atom stereocenters. The Balaban J connectivity index is 2.11. The minimum atomic E-state index is -0.357. The lowest BCUT2D eigenvalue weighted by molar-refractivity contribution is 0.460. The van der Waals surface area contributed by atoms with E-state index in [0.29, 0.717) is 17.3 Å². The van der Waals surface area contributed by atoms with Crippen LogP contribution in [0.15, 0.2) is 12.1 Å². The van der Waals surface area contributed by atoms with E-state index in [2.05, 4.69) is 5.32 Å². The van der Waals surface area contributed by atoms with E-state index in [1.165, 1.54) is 31.4 Å². The van der Waals surface area contributed by atoms with E-state index in [-0.39, 0.29) is 11.6 Å². The lowest BCUT2D eigenvalue weighted by Gasteiger charge is -2.24. The van der Waals surface area contributed by atoms with E-state index in [9.17, 15) is 8.78 Å². The molecule has 1 aliphatic rings. The van der Waals surface area contributed by atoms with Gasteiger partial charge >= 0.3 is 0 Å². The van der Waals surface area contributed by atoms with Gasteiger partial charge < -0.3 is 5.32 Å². The number of hydrogen-bond donors (Lipinski definition) is 1. The summed E-state index contributed by atoms with van der Waals surface area (Å²) in [5.74, 6) is -0.704. The molecular weight excluding hydrogens is 208 g/mol. The third kappa shape index (κ3) is 2.52. The molecule has 1 saturated carbocycles. The highest BCUT2D eigenvalue weighted by molar-refractivity contribution is 5.47. The van der Waals surface area contributed by atoms with Gasteiger partial charge in [0.2, 0.25) is 0 Å². The molecular formula is C13H17F2N. The molecule has 1 aromatic carbocycles. The fourth-order valence-corrected chi connectivity index (χ4v) is 2.22. The van der Waals surface area contributed by atoms with E-state index in [0.717, 1.165) is 12.8 Å². The van der Waals surface area contributed by atoms with Crippen LogP contribution in [0.5, 0.6) is 0 Å². The van der Waals surface area contributed by atoms with Gasteiger partial charge in [0.1, 0.15) is 11.6 Å². The standard InChI is InChI=1S/C13H17F2N/c1-9-7-12(15)13(8-11(9)14)16-10-5-3-2-4-6-10/h7-8,10,16H,2-6H2,1H3. The normalized spacial score (nSPS) is 17.4. The Morgan fingerprint density at radius 2 is 1.75 bits per heavy atom. The van der Waals surface area contributed by atoms with Gasteiger partial charge in [0.15, 0.2) is 0 Å². The molecule has 0 bridgehead atoms. The lowest BCUT2D eigenvalue weighted by Crippen LogP contribution is -2.22. The van der Waals surface area contributed by atoms with Gasteiger partial charge in [-0.3, -0.25) is 0 Å². The van der Waals surface area contributed by atoms with Crippen molar-refractivity contribution in [3.8, 4) is 0 Å². The lowest BCUT2D eigenvalue weighted by atomic mass is 9.95. The van der Waals surface area contributed by atoms with Gasteiger partial charge in [-0.05, 0) is 31.4 Å². The van der Waals surface area contributed by atoms with Gasteiger partial charge in [-0.2, -0.15) is 0 Å². The molecule has 0 spiro atoms. The molecule has 3 heteroatoms. The molecule has 1 nitrogen and oxygen atoms in total. The fourth-order valence-electron chi connectivity index (χ4n) is 2.22. The van der Waals surface area contributed by atoms with E-state index < -0.39 is 0 Å². The number of nitrogens with one attached hydrogen (secondary N) is 1. The van der Waals surface area contributed by atoms with Crippen LogP contribution in [0.2, 0.25) is 0 Å². The van der Waals surface area contributed by atoms with Crippen molar-refractivity contribution >= 4 is 5.69 Å². The van der Waals surface area contributed by atoms with Crippen LogP contribution in [0.3, 0.4) is 0 Å². The molecule has 0 amide bonds. The zero-order valence-corrected chi connectivity index (χ0v) is 9.52. The smallest absolute Gasteiger partial charge is 0.146 e. The topological polar surface area (TPSA) is 12.0 Å². The molecule has 0 saturated heterocycles. The first kappa shape index (κ1) is 11.4. The second kappa shape index (κ2) is 4.81. The number of aryl methyl sites for hydroxylation is 1. The van der Waals surface area contributed by atoms with Gasteiger partial charge in [-0.15, -0.1) is 0 Å². The van der Waals surface area contributed by atoms with Crippen LogP contribution in [0, 0.1) is 18.6 Å². The Labute approximate surface area is 94.9 Å². The summed E-state index contributed by atoms with van der Waals surface area (Å²) < 4.78 is 26.9. The second-order valence-corrected chi connectivity index (χ2v) is 4.56. The Kier molecular flexibility index (Phi) is 3.42. The average Bonchev–Trinajstić information content (AvgIpc) is 2.27. The van der Waals surface area contributed by atoms with Crippen molar-refractivity contribution in [1.29, 1.82) is 0 Å². The number of benzene rings is 1. The first-order valence-electron chi connectivity index (χ1n) is 5.89. The Bertz CT molecular complexity index is 370. The Morgan fingerprint density at radius 3 is 2.44 bits per heavy atom. The SMILES string of the molecule is Cc1cc(F)c(NC2CCCCC2)cc1F. The summed E-state index contributed by atoms with van der Waals surface area (Å²) in [5.41, 5.74) is 0.654. The van der Waals surface area contributed by atoms with Crippen molar-refractivity contribution < 1.29 is 8.78 Å². The minimum absolute atomic E-state index is 0.297. The highest BCUT2D eigenvalue weighted by Gasteiger charge is 2.15. The van der Waals surface area contributed by atoms with E-state index in [1.54, 1.807) is 6.92 Å². The Morgan fingerprint density at radius 1 is 1.06 bits per heavy atom. The molecule has 0 aliphatic heterocycles. The third-order valence-corrected chi connectivity index (χ3v) is 3.21. The van der Waals surface area contributed by atoms with E-state index in [4.69, 9.17) is 0 Å². The first-order chi connectivity index (χ1) is 7.66. The second-order valence-electron chi connectivity index (χ2n) is 4.56. The summed E-state index contributed by atoms with van der Waals surface area (Å²) in [6.45, 7) is 1.57. The zero-order valence-electron chi connectivity index (χ0n) is 9.52. The maximum Gasteiger partial charge on any atom is 0.146 e. The van der Waals surface area contributed by atoms with Gasteiger partial charge in [-0.25, -0.2) is 8.78 Å². The molecule has 1 N–H and O–H groups in total. The summed E-state index contributed by atoms with van der Waals surface area (Å²) in [6, 6.07) is 2.81. The van der Waals surface area contributed by atoms with Crippen molar-refractivity contribution in [2.24, 2.45) is 0 Å². The molecule has 1 fully saturated rings. The first-order valence-corrected chi connectivity index (χ1v) is 5.89. The largest absolute Gasteiger partial charge is 0.380 e. The molecule has 88 valence electrons. The van der Waals surface area contributed by atoms with Crippen molar-refractivity contribution in [2.45, 2.75) is 45.1 Å². The van der Waals surface area contributed by atoms with Crippen LogP contribution < -0.4 is 5.32 Å². The van der Waals surface area contributed by atoms with Crippen LogP contribution in [0.1, 0.15) is 37.7 Å². The van der Waals surface area contributed by atoms with Crippen LogP contribution >= 0.6 is 0 Å². The molecule has 0 radical (unpaired) electrons. The predicted molar refractivity (Wildman–Crippen MR) is 61.6 cm³/mol. The molecule has 0 heterocycles. The van der Waals surface area contributed by atoms with Crippen LogP contribution in [0.4, 0.5) is 14.5 Å². The number of anilines is 1. The predicted octanol–water partition coefficient (Wildman–Crippen LogP) is 4.02. The third-order valence-electron chi connectivity index (χ3n) is 3.21.